The number of aromatic nitrogens is 1. The molecule has 7 heteroatoms. The Kier molecular flexibility index (Phi) is 6.14. The molecule has 1 fully saturated rings. The average molecular weight is 489 g/mol. The lowest BCUT2D eigenvalue weighted by Crippen LogP contribution is -2.39. The van der Waals surface area contributed by atoms with Crippen LogP contribution in [0.3, 0.4) is 0 Å². The number of hydrogen-bond donors (Lipinski definition) is 1. The summed E-state index contributed by atoms with van der Waals surface area (Å²) in [4.78, 5) is 15.9. The highest BCUT2D eigenvalue weighted by Gasteiger charge is 2.34. The molecule has 4 rings (SSSR count). The molecular formula is C23H25BrN2O3S. The van der Waals surface area contributed by atoms with E-state index in [1.807, 2.05) is 18.2 Å². The fourth-order valence-electron chi connectivity index (χ4n) is 4.19. The highest BCUT2D eigenvalue weighted by atomic mass is 79.9. The maximum atomic E-state index is 13.6. The SMILES string of the molecule is CCc1ccc2[nH]c(=O)c(CN(C3CCCC3)S(=O)(=O)c3ccccc3Br)cc2c1. The van der Waals surface area contributed by atoms with E-state index in [0.717, 1.165) is 43.0 Å². The van der Waals surface area contributed by atoms with Gasteiger partial charge in [-0.15, -0.1) is 0 Å². The van der Waals surface area contributed by atoms with Crippen LogP contribution in [0.25, 0.3) is 10.9 Å². The van der Waals surface area contributed by atoms with E-state index in [9.17, 15) is 13.2 Å². The fraction of sp³-hybridized carbons (Fsp3) is 0.348. The van der Waals surface area contributed by atoms with Crippen LogP contribution in [0.5, 0.6) is 0 Å². The number of H-pyrrole nitrogens is 1. The first kappa shape index (κ1) is 21.3. The number of benzene rings is 2. The Balaban J connectivity index is 1.79. The van der Waals surface area contributed by atoms with Crippen molar-refractivity contribution in [3.63, 3.8) is 0 Å². The summed E-state index contributed by atoms with van der Waals surface area (Å²) in [6, 6.07) is 14.6. The smallest absolute Gasteiger partial charge is 0.252 e. The van der Waals surface area contributed by atoms with Crippen molar-refractivity contribution in [1.82, 2.24) is 9.29 Å². The van der Waals surface area contributed by atoms with Crippen molar-refractivity contribution >= 4 is 36.9 Å². The molecular weight excluding hydrogens is 464 g/mol. The standard InChI is InChI=1S/C23H25BrN2O3S/c1-2-16-11-12-21-17(13-16)14-18(23(27)25-21)15-26(19-7-3-4-8-19)30(28,29)22-10-6-5-9-20(22)24/h5-6,9-14,19H,2-4,7-8,15H2,1H3,(H,25,27). The van der Waals surface area contributed by atoms with Crippen molar-refractivity contribution in [3.8, 4) is 0 Å². The Morgan fingerprint density at radius 3 is 2.53 bits per heavy atom. The maximum Gasteiger partial charge on any atom is 0.252 e. The van der Waals surface area contributed by atoms with Gasteiger partial charge in [-0.1, -0.05) is 38.0 Å². The van der Waals surface area contributed by atoms with Crippen LogP contribution in [0.4, 0.5) is 0 Å². The largest absolute Gasteiger partial charge is 0.322 e. The molecule has 0 amide bonds. The Labute approximate surface area is 185 Å². The van der Waals surface area contributed by atoms with Crippen LogP contribution >= 0.6 is 15.9 Å². The van der Waals surface area contributed by atoms with Crippen LogP contribution < -0.4 is 5.56 Å². The van der Waals surface area contributed by atoms with E-state index in [1.54, 1.807) is 24.3 Å². The minimum Gasteiger partial charge on any atom is -0.322 e. The van der Waals surface area contributed by atoms with Gasteiger partial charge in [0, 0.05) is 28.1 Å². The monoisotopic (exact) mass is 488 g/mol. The van der Waals surface area contributed by atoms with E-state index in [4.69, 9.17) is 0 Å². The van der Waals surface area contributed by atoms with Gasteiger partial charge >= 0.3 is 0 Å². The number of pyridine rings is 1. The van der Waals surface area contributed by atoms with Crippen molar-refractivity contribution in [2.45, 2.75) is 56.5 Å². The van der Waals surface area contributed by atoms with E-state index in [1.165, 1.54) is 9.87 Å². The zero-order chi connectivity index (χ0) is 21.3. The second kappa shape index (κ2) is 8.65. The van der Waals surface area contributed by atoms with Gasteiger partial charge in [-0.2, -0.15) is 4.31 Å². The molecule has 5 nitrogen and oxygen atoms in total. The van der Waals surface area contributed by atoms with E-state index >= 15 is 0 Å². The topological polar surface area (TPSA) is 70.2 Å². The third-order valence-corrected chi connectivity index (χ3v) is 8.79. The Bertz CT molecular complexity index is 1230. The zero-order valence-corrected chi connectivity index (χ0v) is 19.3. The molecule has 1 aromatic heterocycles. The van der Waals surface area contributed by atoms with Crippen LogP contribution in [0.1, 0.15) is 43.7 Å². The van der Waals surface area contributed by atoms with Crippen LogP contribution in [-0.2, 0) is 23.0 Å². The zero-order valence-electron chi connectivity index (χ0n) is 16.9. The molecule has 158 valence electrons. The summed E-state index contributed by atoms with van der Waals surface area (Å²) in [5.41, 5.74) is 2.17. The Morgan fingerprint density at radius 1 is 1.10 bits per heavy atom. The number of aryl methyl sites for hydroxylation is 1. The third-order valence-electron chi connectivity index (χ3n) is 5.88. The Morgan fingerprint density at radius 2 is 1.83 bits per heavy atom. The van der Waals surface area contributed by atoms with Gasteiger partial charge in [0.1, 0.15) is 0 Å². The number of aromatic amines is 1. The van der Waals surface area contributed by atoms with Gasteiger partial charge in [0.05, 0.1) is 4.90 Å². The first-order chi connectivity index (χ1) is 14.4. The highest BCUT2D eigenvalue weighted by Crippen LogP contribution is 2.32. The van der Waals surface area contributed by atoms with Crippen LogP contribution in [0, 0.1) is 0 Å². The number of nitrogens with zero attached hydrogens (tertiary/aromatic N) is 1. The molecule has 1 heterocycles. The lowest BCUT2D eigenvalue weighted by Gasteiger charge is -2.28. The number of fused-ring (bicyclic) bond motifs is 1. The first-order valence-corrected chi connectivity index (χ1v) is 12.5. The summed E-state index contributed by atoms with van der Waals surface area (Å²) in [6.07, 6.45) is 4.53. The van der Waals surface area contributed by atoms with E-state index in [2.05, 4.69) is 33.9 Å². The van der Waals surface area contributed by atoms with Crippen molar-refractivity contribution < 1.29 is 8.42 Å². The van der Waals surface area contributed by atoms with Crippen molar-refractivity contribution in [1.29, 1.82) is 0 Å². The summed E-state index contributed by atoms with van der Waals surface area (Å²) in [7, 11) is -3.76. The Hall–Kier alpha value is -1.96. The van der Waals surface area contributed by atoms with Gasteiger partial charge in [-0.05, 0) is 76.5 Å². The van der Waals surface area contributed by atoms with E-state index < -0.39 is 10.0 Å². The minimum atomic E-state index is -3.76. The summed E-state index contributed by atoms with van der Waals surface area (Å²) in [5.74, 6) is 0. The molecule has 3 aromatic rings. The normalized spacial score (nSPS) is 15.3. The number of sulfonamides is 1. The molecule has 0 atom stereocenters. The summed E-state index contributed by atoms with van der Waals surface area (Å²) in [5, 5.41) is 0.925. The van der Waals surface area contributed by atoms with Gasteiger partial charge in [0.2, 0.25) is 10.0 Å². The number of nitrogens with one attached hydrogen (secondary N) is 1. The van der Waals surface area contributed by atoms with Crippen molar-refractivity contribution in [2.24, 2.45) is 0 Å². The molecule has 1 saturated carbocycles. The van der Waals surface area contributed by atoms with Gasteiger partial charge < -0.3 is 4.98 Å². The molecule has 2 aromatic carbocycles. The summed E-state index contributed by atoms with van der Waals surface area (Å²) in [6.45, 7) is 2.15. The van der Waals surface area contributed by atoms with Gasteiger partial charge in [0.15, 0.2) is 0 Å². The molecule has 0 unspecified atom stereocenters. The fourth-order valence-corrected chi connectivity index (χ4v) is 6.82. The predicted molar refractivity (Wildman–Crippen MR) is 123 cm³/mol. The first-order valence-electron chi connectivity index (χ1n) is 10.3. The third kappa shape index (κ3) is 4.11. The second-order valence-corrected chi connectivity index (χ2v) is 10.5. The van der Waals surface area contributed by atoms with Crippen molar-refractivity contribution in [2.75, 3.05) is 0 Å². The molecule has 0 aliphatic heterocycles. The lowest BCUT2D eigenvalue weighted by atomic mass is 10.1. The molecule has 0 bridgehead atoms. The average Bonchev–Trinajstić information content (AvgIpc) is 3.26. The molecule has 1 aliphatic carbocycles. The molecule has 0 saturated heterocycles. The molecule has 1 aliphatic rings. The molecule has 1 N–H and O–H groups in total. The van der Waals surface area contributed by atoms with Gasteiger partial charge in [-0.3, -0.25) is 4.79 Å². The van der Waals surface area contributed by atoms with E-state index in [0.29, 0.717) is 10.0 Å². The number of halogens is 1. The molecule has 30 heavy (non-hydrogen) atoms. The molecule has 0 radical (unpaired) electrons. The van der Waals surface area contributed by atoms with Crippen LogP contribution in [-0.4, -0.2) is 23.7 Å². The van der Waals surface area contributed by atoms with Crippen LogP contribution in [0.2, 0.25) is 0 Å². The highest BCUT2D eigenvalue weighted by molar-refractivity contribution is 9.10. The second-order valence-electron chi connectivity index (χ2n) is 7.82. The van der Waals surface area contributed by atoms with Gasteiger partial charge in [-0.25, -0.2) is 8.42 Å². The van der Waals surface area contributed by atoms with Crippen molar-refractivity contribution in [3.05, 3.63) is 74.5 Å². The number of rotatable bonds is 6. The summed E-state index contributed by atoms with van der Waals surface area (Å²) >= 11 is 3.38. The van der Waals surface area contributed by atoms with Gasteiger partial charge in [0.25, 0.3) is 5.56 Å². The number of hydrogen-bond acceptors (Lipinski definition) is 3. The van der Waals surface area contributed by atoms with E-state index in [-0.39, 0.29) is 23.0 Å². The maximum absolute atomic E-state index is 13.6. The quantitative estimate of drug-likeness (QED) is 0.531. The lowest BCUT2D eigenvalue weighted by molar-refractivity contribution is 0.315. The predicted octanol–water partition coefficient (Wildman–Crippen LogP) is 4.99. The molecule has 0 spiro atoms. The van der Waals surface area contributed by atoms with Crippen LogP contribution in [0.15, 0.2) is 62.7 Å². The summed E-state index contributed by atoms with van der Waals surface area (Å²) < 4.78 is 29.3. The minimum absolute atomic E-state index is 0.0654.